The van der Waals surface area contributed by atoms with Crippen molar-refractivity contribution in [2.45, 2.75) is 51.0 Å². The summed E-state index contributed by atoms with van der Waals surface area (Å²) in [6.45, 7) is 6.32. The van der Waals surface area contributed by atoms with Crippen molar-refractivity contribution in [3.63, 3.8) is 0 Å². The van der Waals surface area contributed by atoms with Gasteiger partial charge in [-0.15, -0.1) is 0 Å². The summed E-state index contributed by atoms with van der Waals surface area (Å²) in [6, 6.07) is 8.40. The number of carbonyl (C=O) groups excluding carboxylic acids is 1. The SMILES string of the molecule is CC(C)(C)OC(=O)N1C[C@H]2C[C@@H]1[C@H](c1ccc(I)cc1)O2. The highest BCUT2D eigenvalue weighted by atomic mass is 127. The van der Waals surface area contributed by atoms with Crippen molar-refractivity contribution in [2.24, 2.45) is 0 Å². The molecule has 0 aromatic heterocycles. The van der Waals surface area contributed by atoms with Gasteiger partial charge in [0.2, 0.25) is 0 Å². The molecule has 2 aliphatic rings. The minimum Gasteiger partial charge on any atom is -0.444 e. The van der Waals surface area contributed by atoms with Gasteiger partial charge >= 0.3 is 6.09 Å². The summed E-state index contributed by atoms with van der Waals surface area (Å²) in [5, 5.41) is 0. The second-order valence-electron chi connectivity index (χ2n) is 6.67. The summed E-state index contributed by atoms with van der Waals surface area (Å²) in [5.74, 6) is 0. The van der Waals surface area contributed by atoms with Crippen LogP contribution < -0.4 is 0 Å². The number of morpholine rings is 1. The number of carbonyl (C=O) groups is 1. The van der Waals surface area contributed by atoms with Crippen LogP contribution in [0.3, 0.4) is 0 Å². The van der Waals surface area contributed by atoms with Crippen molar-refractivity contribution >= 4 is 28.7 Å². The Labute approximate surface area is 138 Å². The molecular weight excluding hydrogens is 381 g/mol. The van der Waals surface area contributed by atoms with Gasteiger partial charge in [-0.25, -0.2) is 4.79 Å². The highest BCUT2D eigenvalue weighted by Crippen LogP contribution is 2.42. The first-order valence-electron chi connectivity index (χ1n) is 7.24. The van der Waals surface area contributed by atoms with Gasteiger partial charge in [-0.3, -0.25) is 4.90 Å². The highest BCUT2D eigenvalue weighted by molar-refractivity contribution is 14.1. The highest BCUT2D eigenvalue weighted by Gasteiger charge is 2.49. The maximum Gasteiger partial charge on any atom is 0.410 e. The Bertz CT molecular complexity index is 537. The third-order valence-electron chi connectivity index (χ3n) is 3.82. The fourth-order valence-corrected chi connectivity index (χ4v) is 3.35. The third-order valence-corrected chi connectivity index (χ3v) is 4.54. The number of hydrogen-bond acceptors (Lipinski definition) is 3. The third kappa shape index (κ3) is 3.18. The minimum atomic E-state index is -0.460. The molecule has 5 heteroatoms. The van der Waals surface area contributed by atoms with Gasteiger partial charge in [0.05, 0.1) is 18.7 Å². The standard InChI is InChI=1S/C16H20INO3/c1-16(2,3)21-15(19)18-9-12-8-13(18)14(20-12)10-4-6-11(17)7-5-10/h4-7,12-14H,8-9H2,1-3H3/t12-,13-,14+/m1/s1. The predicted molar refractivity (Wildman–Crippen MR) is 88.1 cm³/mol. The lowest BCUT2D eigenvalue weighted by Gasteiger charge is -2.34. The van der Waals surface area contributed by atoms with Gasteiger partial charge in [-0.2, -0.15) is 0 Å². The van der Waals surface area contributed by atoms with E-state index in [0.717, 1.165) is 12.0 Å². The maximum absolute atomic E-state index is 12.3. The number of likely N-dealkylation sites (tertiary alicyclic amines) is 1. The fourth-order valence-electron chi connectivity index (χ4n) is 2.99. The number of amides is 1. The van der Waals surface area contributed by atoms with Crippen molar-refractivity contribution in [1.29, 1.82) is 0 Å². The molecule has 1 aromatic carbocycles. The monoisotopic (exact) mass is 401 g/mol. The second kappa shape index (κ2) is 5.43. The van der Waals surface area contributed by atoms with Crippen molar-refractivity contribution in [2.75, 3.05) is 6.54 Å². The molecule has 3 atom stereocenters. The number of halogens is 1. The van der Waals surface area contributed by atoms with Gasteiger partial charge in [-0.1, -0.05) is 12.1 Å². The topological polar surface area (TPSA) is 38.8 Å². The Morgan fingerprint density at radius 3 is 2.57 bits per heavy atom. The van der Waals surface area contributed by atoms with Crippen LogP contribution in [0.15, 0.2) is 24.3 Å². The summed E-state index contributed by atoms with van der Waals surface area (Å²) < 4.78 is 12.8. The zero-order valence-corrected chi connectivity index (χ0v) is 14.7. The minimum absolute atomic E-state index is 0.0340. The van der Waals surface area contributed by atoms with Crippen molar-refractivity contribution in [1.82, 2.24) is 4.90 Å². The van der Waals surface area contributed by atoms with E-state index in [4.69, 9.17) is 9.47 Å². The number of benzene rings is 1. The molecule has 1 amide bonds. The Morgan fingerprint density at radius 2 is 2.00 bits per heavy atom. The van der Waals surface area contributed by atoms with Crippen LogP contribution >= 0.6 is 22.6 Å². The molecule has 0 unspecified atom stereocenters. The molecule has 0 N–H and O–H groups in total. The number of ether oxygens (including phenoxy) is 2. The zero-order valence-electron chi connectivity index (χ0n) is 12.5. The number of rotatable bonds is 1. The zero-order chi connectivity index (χ0) is 15.2. The molecule has 2 fully saturated rings. The van der Waals surface area contributed by atoms with E-state index in [1.165, 1.54) is 3.57 Å². The molecule has 0 saturated carbocycles. The molecule has 2 heterocycles. The molecule has 2 aliphatic heterocycles. The van der Waals surface area contributed by atoms with E-state index in [9.17, 15) is 4.79 Å². The lowest BCUT2D eigenvalue weighted by atomic mass is 10.0. The Balaban J connectivity index is 1.75. The summed E-state index contributed by atoms with van der Waals surface area (Å²) in [6.07, 6.45) is 0.768. The van der Waals surface area contributed by atoms with Crippen LogP contribution in [0.2, 0.25) is 0 Å². The number of nitrogens with zero attached hydrogens (tertiary/aromatic N) is 1. The van der Waals surface area contributed by atoms with Crippen molar-refractivity contribution in [3.05, 3.63) is 33.4 Å². The van der Waals surface area contributed by atoms with E-state index < -0.39 is 5.60 Å². The first kappa shape index (κ1) is 15.1. The van der Waals surface area contributed by atoms with E-state index in [1.54, 1.807) is 0 Å². The molecule has 1 aromatic rings. The van der Waals surface area contributed by atoms with Crippen molar-refractivity contribution < 1.29 is 14.3 Å². The summed E-state index contributed by atoms with van der Waals surface area (Å²) in [7, 11) is 0. The van der Waals surface area contributed by atoms with Gasteiger partial charge < -0.3 is 9.47 Å². The van der Waals surface area contributed by atoms with Crippen LogP contribution in [0, 0.1) is 3.57 Å². The molecule has 2 saturated heterocycles. The Morgan fingerprint density at radius 1 is 1.33 bits per heavy atom. The molecule has 2 bridgehead atoms. The van der Waals surface area contributed by atoms with E-state index in [-0.39, 0.29) is 24.3 Å². The fraction of sp³-hybridized carbons (Fsp3) is 0.562. The Hall–Kier alpha value is -0.820. The van der Waals surface area contributed by atoms with Crippen LogP contribution in [-0.2, 0) is 9.47 Å². The normalized spacial score (nSPS) is 28.0. The molecular formula is C16H20INO3. The quantitative estimate of drug-likeness (QED) is 0.674. The van der Waals surface area contributed by atoms with E-state index in [0.29, 0.717) is 6.54 Å². The predicted octanol–water partition coefficient (Wildman–Crippen LogP) is 3.74. The Kier molecular flexibility index (Phi) is 3.90. The average Bonchev–Trinajstić information content (AvgIpc) is 2.97. The lowest BCUT2D eigenvalue weighted by Crippen LogP contribution is -2.45. The summed E-state index contributed by atoms with van der Waals surface area (Å²) in [4.78, 5) is 14.2. The first-order valence-corrected chi connectivity index (χ1v) is 8.32. The molecule has 0 spiro atoms. The van der Waals surface area contributed by atoms with E-state index in [2.05, 4.69) is 46.9 Å². The van der Waals surface area contributed by atoms with Crippen LogP contribution in [0.25, 0.3) is 0 Å². The van der Waals surface area contributed by atoms with Crippen LogP contribution in [0.4, 0.5) is 4.79 Å². The van der Waals surface area contributed by atoms with Crippen molar-refractivity contribution in [3.8, 4) is 0 Å². The largest absolute Gasteiger partial charge is 0.444 e. The molecule has 4 nitrogen and oxygen atoms in total. The second-order valence-corrected chi connectivity index (χ2v) is 7.91. The summed E-state index contributed by atoms with van der Waals surface area (Å²) in [5.41, 5.74) is 0.675. The summed E-state index contributed by atoms with van der Waals surface area (Å²) >= 11 is 2.29. The number of fused-ring (bicyclic) bond motifs is 2. The smallest absolute Gasteiger partial charge is 0.410 e. The average molecular weight is 401 g/mol. The van der Waals surface area contributed by atoms with Crippen LogP contribution in [-0.4, -0.2) is 35.3 Å². The van der Waals surface area contributed by atoms with Crippen LogP contribution in [0.1, 0.15) is 38.9 Å². The van der Waals surface area contributed by atoms with Gasteiger partial charge in [0, 0.05) is 3.57 Å². The molecule has 0 radical (unpaired) electrons. The molecule has 3 rings (SSSR count). The molecule has 0 aliphatic carbocycles. The molecule has 114 valence electrons. The van der Waals surface area contributed by atoms with Crippen LogP contribution in [0.5, 0.6) is 0 Å². The van der Waals surface area contributed by atoms with Gasteiger partial charge in [0.1, 0.15) is 11.7 Å². The van der Waals surface area contributed by atoms with E-state index >= 15 is 0 Å². The van der Waals surface area contributed by atoms with Gasteiger partial charge in [0.15, 0.2) is 0 Å². The first-order chi connectivity index (χ1) is 9.83. The van der Waals surface area contributed by atoms with Gasteiger partial charge in [0.25, 0.3) is 0 Å². The maximum atomic E-state index is 12.3. The number of hydrogen-bond donors (Lipinski definition) is 0. The van der Waals surface area contributed by atoms with E-state index in [1.807, 2.05) is 25.7 Å². The van der Waals surface area contributed by atoms with Gasteiger partial charge in [-0.05, 0) is 67.5 Å². The molecule has 21 heavy (non-hydrogen) atoms. The lowest BCUT2D eigenvalue weighted by molar-refractivity contribution is -0.0467.